The zero-order valence-electron chi connectivity index (χ0n) is 15.9. The number of nitrogens with zero attached hydrogens (tertiary/aromatic N) is 3. The molecule has 5 rings (SSSR count). The third kappa shape index (κ3) is 3.25. The summed E-state index contributed by atoms with van der Waals surface area (Å²) < 4.78 is 14.3. The summed E-state index contributed by atoms with van der Waals surface area (Å²) in [4.78, 5) is 6.99. The monoisotopic (exact) mass is 404 g/mol. The predicted octanol–water partition coefficient (Wildman–Crippen LogP) is 4.55. The highest BCUT2D eigenvalue weighted by Gasteiger charge is 2.44. The molecule has 29 heavy (non-hydrogen) atoms. The van der Waals surface area contributed by atoms with Gasteiger partial charge < -0.3 is 5.73 Å². The van der Waals surface area contributed by atoms with Crippen molar-refractivity contribution < 1.29 is 4.39 Å². The highest BCUT2D eigenvalue weighted by atomic mass is 32.1. The van der Waals surface area contributed by atoms with Gasteiger partial charge in [-0.3, -0.25) is 4.90 Å². The summed E-state index contributed by atoms with van der Waals surface area (Å²) in [5.74, 6) is -0.496. The fourth-order valence-electron chi connectivity index (χ4n) is 4.85. The SMILES string of the molecule is N#Cc1ccc(-c2cc(CN3[C@@H]4CC[C@H]3[C@@H](N)C4)ccc2-c2nccs2)cc1F. The van der Waals surface area contributed by atoms with Crippen molar-refractivity contribution >= 4 is 11.3 Å². The number of aromatic nitrogens is 1. The molecule has 0 amide bonds. The van der Waals surface area contributed by atoms with E-state index in [9.17, 15) is 4.39 Å². The maximum atomic E-state index is 14.3. The summed E-state index contributed by atoms with van der Waals surface area (Å²) >= 11 is 1.56. The van der Waals surface area contributed by atoms with Crippen molar-refractivity contribution in [2.75, 3.05) is 0 Å². The minimum Gasteiger partial charge on any atom is -0.326 e. The van der Waals surface area contributed by atoms with E-state index in [0.29, 0.717) is 12.1 Å². The van der Waals surface area contributed by atoms with Gasteiger partial charge in [0.2, 0.25) is 0 Å². The van der Waals surface area contributed by atoms with Crippen LogP contribution in [0.15, 0.2) is 48.0 Å². The largest absolute Gasteiger partial charge is 0.326 e. The number of hydrogen-bond acceptors (Lipinski definition) is 5. The van der Waals surface area contributed by atoms with Crippen LogP contribution in [0.25, 0.3) is 21.7 Å². The second-order valence-electron chi connectivity index (χ2n) is 7.89. The molecule has 4 nitrogen and oxygen atoms in total. The molecule has 2 bridgehead atoms. The number of thiazole rings is 1. The standard InChI is InChI=1S/C23H21FN4S/c24-20-10-15(2-3-16(20)12-25)19-9-14(1-5-18(19)23-27-7-8-29-23)13-28-17-4-6-22(28)21(26)11-17/h1-3,5,7-10,17,21-22H,4,6,11,13,26H2/t17-,21+,22+/m1/s1. The van der Waals surface area contributed by atoms with Crippen LogP contribution in [0, 0.1) is 17.1 Å². The van der Waals surface area contributed by atoms with Gasteiger partial charge in [0.05, 0.1) is 5.56 Å². The third-order valence-corrected chi connectivity index (χ3v) is 7.05. The third-order valence-electron chi connectivity index (χ3n) is 6.24. The Hall–Kier alpha value is -2.59. The molecule has 1 aromatic heterocycles. The Bertz CT molecular complexity index is 1090. The highest BCUT2D eigenvalue weighted by Crippen LogP contribution is 2.39. The lowest BCUT2D eigenvalue weighted by Crippen LogP contribution is -2.36. The average molecular weight is 405 g/mol. The van der Waals surface area contributed by atoms with Gasteiger partial charge in [-0.15, -0.1) is 11.3 Å². The van der Waals surface area contributed by atoms with Gasteiger partial charge in [0.25, 0.3) is 0 Å². The predicted molar refractivity (Wildman–Crippen MR) is 113 cm³/mol. The quantitative estimate of drug-likeness (QED) is 0.693. The molecule has 0 spiro atoms. The number of nitrogens with two attached hydrogens (primary N) is 1. The Labute approximate surface area is 173 Å². The lowest BCUT2D eigenvalue weighted by Gasteiger charge is -2.23. The Balaban J connectivity index is 1.55. The zero-order chi connectivity index (χ0) is 20.0. The normalized spacial score (nSPS) is 23.4. The van der Waals surface area contributed by atoms with Crippen LogP contribution in [0.4, 0.5) is 4.39 Å². The van der Waals surface area contributed by atoms with Gasteiger partial charge >= 0.3 is 0 Å². The maximum Gasteiger partial charge on any atom is 0.141 e. The molecular weight excluding hydrogens is 383 g/mol. The number of hydrogen-bond donors (Lipinski definition) is 1. The summed E-state index contributed by atoms with van der Waals surface area (Å²) in [6.45, 7) is 0.854. The van der Waals surface area contributed by atoms with E-state index in [1.807, 2.05) is 17.5 Å². The first-order valence-corrected chi connectivity index (χ1v) is 10.8. The van der Waals surface area contributed by atoms with Crippen LogP contribution in [-0.2, 0) is 6.54 Å². The van der Waals surface area contributed by atoms with Crippen LogP contribution in [0.1, 0.15) is 30.4 Å². The van der Waals surface area contributed by atoms with Crippen molar-refractivity contribution in [2.45, 2.75) is 43.9 Å². The molecule has 2 saturated heterocycles. The Morgan fingerprint density at radius 1 is 1.21 bits per heavy atom. The molecule has 2 aromatic carbocycles. The second kappa shape index (κ2) is 7.34. The first kappa shape index (κ1) is 18.4. The van der Waals surface area contributed by atoms with Gasteiger partial charge in [-0.1, -0.05) is 18.2 Å². The van der Waals surface area contributed by atoms with E-state index in [-0.39, 0.29) is 11.6 Å². The van der Waals surface area contributed by atoms with Crippen LogP contribution in [0.5, 0.6) is 0 Å². The van der Waals surface area contributed by atoms with E-state index in [4.69, 9.17) is 11.0 Å². The number of benzene rings is 2. The van der Waals surface area contributed by atoms with Crippen LogP contribution in [0.3, 0.4) is 0 Å². The summed E-state index contributed by atoms with van der Waals surface area (Å²) in [6, 6.07) is 14.4. The minimum absolute atomic E-state index is 0.0586. The number of rotatable bonds is 4. The van der Waals surface area contributed by atoms with Crippen molar-refractivity contribution in [1.82, 2.24) is 9.88 Å². The van der Waals surface area contributed by atoms with Crippen LogP contribution >= 0.6 is 11.3 Å². The molecule has 2 aliphatic heterocycles. The van der Waals surface area contributed by atoms with E-state index in [1.54, 1.807) is 23.6 Å². The number of fused-ring (bicyclic) bond motifs is 2. The highest BCUT2D eigenvalue weighted by molar-refractivity contribution is 7.13. The molecule has 146 valence electrons. The van der Waals surface area contributed by atoms with Gasteiger partial charge in [0, 0.05) is 41.8 Å². The van der Waals surface area contributed by atoms with Crippen LogP contribution in [-0.4, -0.2) is 28.0 Å². The van der Waals surface area contributed by atoms with Gasteiger partial charge in [0.15, 0.2) is 0 Å². The van der Waals surface area contributed by atoms with Crippen LogP contribution in [0.2, 0.25) is 0 Å². The van der Waals surface area contributed by atoms with Gasteiger partial charge in [-0.25, -0.2) is 9.37 Å². The lowest BCUT2D eigenvalue weighted by atomic mass is 9.96. The van der Waals surface area contributed by atoms with Crippen LogP contribution < -0.4 is 5.73 Å². The second-order valence-corrected chi connectivity index (χ2v) is 8.79. The molecule has 2 aliphatic rings. The molecule has 0 aliphatic carbocycles. The molecule has 0 saturated carbocycles. The topological polar surface area (TPSA) is 65.9 Å². The average Bonchev–Trinajstić information content (AvgIpc) is 3.45. The van der Waals surface area contributed by atoms with E-state index in [1.165, 1.54) is 24.5 Å². The van der Waals surface area contributed by atoms with E-state index in [0.717, 1.165) is 34.7 Å². The molecule has 0 radical (unpaired) electrons. The van der Waals surface area contributed by atoms with Crippen molar-refractivity contribution in [3.8, 4) is 27.8 Å². The zero-order valence-corrected chi connectivity index (χ0v) is 16.7. The number of nitriles is 1. The molecule has 0 unspecified atom stereocenters. The van der Waals surface area contributed by atoms with E-state index < -0.39 is 5.82 Å². The fraction of sp³-hybridized carbons (Fsp3) is 0.304. The minimum atomic E-state index is -0.496. The molecule has 3 atom stereocenters. The Morgan fingerprint density at radius 3 is 2.76 bits per heavy atom. The molecule has 2 N–H and O–H groups in total. The summed E-state index contributed by atoms with van der Waals surface area (Å²) in [6.07, 6.45) is 5.26. The Kier molecular flexibility index (Phi) is 4.67. The smallest absolute Gasteiger partial charge is 0.141 e. The first-order chi connectivity index (χ1) is 14.1. The molecular formula is C23H21FN4S. The van der Waals surface area contributed by atoms with Crippen molar-refractivity contribution in [3.63, 3.8) is 0 Å². The fourth-order valence-corrected chi connectivity index (χ4v) is 5.53. The van der Waals surface area contributed by atoms with E-state index in [2.05, 4.69) is 28.1 Å². The lowest BCUT2D eigenvalue weighted by molar-refractivity contribution is 0.239. The first-order valence-electron chi connectivity index (χ1n) is 9.88. The molecule has 3 aromatic rings. The Morgan fingerprint density at radius 2 is 2.10 bits per heavy atom. The maximum absolute atomic E-state index is 14.3. The molecule has 3 heterocycles. The van der Waals surface area contributed by atoms with Crippen molar-refractivity contribution in [1.29, 1.82) is 5.26 Å². The van der Waals surface area contributed by atoms with E-state index >= 15 is 0 Å². The van der Waals surface area contributed by atoms with Crippen molar-refractivity contribution in [3.05, 3.63) is 64.9 Å². The summed E-state index contributed by atoms with van der Waals surface area (Å²) in [5.41, 5.74) is 10.2. The molecule has 6 heteroatoms. The van der Waals surface area contributed by atoms with Gasteiger partial charge in [0.1, 0.15) is 16.9 Å². The molecule has 2 fully saturated rings. The van der Waals surface area contributed by atoms with Gasteiger partial charge in [-0.05, 0) is 54.2 Å². The number of halogens is 1. The summed E-state index contributed by atoms with van der Waals surface area (Å²) in [7, 11) is 0. The van der Waals surface area contributed by atoms with Crippen molar-refractivity contribution in [2.24, 2.45) is 5.73 Å². The van der Waals surface area contributed by atoms with Gasteiger partial charge in [-0.2, -0.15) is 5.26 Å². The summed E-state index contributed by atoms with van der Waals surface area (Å²) in [5, 5.41) is 11.9.